The molecule has 0 bridgehead atoms. The van der Waals surface area contributed by atoms with Gasteiger partial charge in [-0.3, -0.25) is 10.1 Å². The van der Waals surface area contributed by atoms with Crippen molar-refractivity contribution in [3.05, 3.63) is 48.3 Å². The molecule has 2 aromatic carbocycles. The third kappa shape index (κ3) is 5.89. The summed E-state index contributed by atoms with van der Waals surface area (Å²) in [6.07, 6.45) is -4.24. The second kappa shape index (κ2) is 9.88. The molecular formula is C21H23F3N4O4. The fourth-order valence-electron chi connectivity index (χ4n) is 3.21. The van der Waals surface area contributed by atoms with E-state index in [0.717, 1.165) is 12.1 Å². The van der Waals surface area contributed by atoms with Gasteiger partial charge in [-0.1, -0.05) is 6.92 Å². The molecule has 0 fully saturated rings. The van der Waals surface area contributed by atoms with Crippen LogP contribution >= 0.6 is 0 Å². The molecule has 32 heavy (non-hydrogen) atoms. The van der Waals surface area contributed by atoms with Crippen LogP contribution in [-0.4, -0.2) is 39.6 Å². The van der Waals surface area contributed by atoms with E-state index in [2.05, 4.69) is 15.0 Å². The molecule has 1 unspecified atom stereocenters. The lowest BCUT2D eigenvalue weighted by molar-refractivity contribution is -0.274. The van der Waals surface area contributed by atoms with Gasteiger partial charge in [-0.25, -0.2) is 4.98 Å². The molecule has 11 heteroatoms. The van der Waals surface area contributed by atoms with Gasteiger partial charge in [-0.15, -0.1) is 13.2 Å². The molecule has 1 atom stereocenters. The van der Waals surface area contributed by atoms with Crippen LogP contribution in [0.15, 0.2) is 42.5 Å². The summed E-state index contributed by atoms with van der Waals surface area (Å²) in [4.78, 5) is 16.0. The molecule has 0 aliphatic rings. The van der Waals surface area contributed by atoms with E-state index >= 15 is 0 Å². The number of aromatic nitrogens is 2. The lowest BCUT2D eigenvalue weighted by atomic mass is 10.2. The number of carbonyl (C=O) groups is 1. The summed E-state index contributed by atoms with van der Waals surface area (Å²) < 4.78 is 48.3. The topological polar surface area (TPSA) is 112 Å². The Hall–Kier alpha value is -3.31. The van der Waals surface area contributed by atoms with Crippen LogP contribution in [0.4, 0.5) is 13.2 Å². The second-order valence-electron chi connectivity index (χ2n) is 6.92. The third-order valence-corrected chi connectivity index (χ3v) is 4.67. The Balaban J connectivity index is 1.81. The number of benzene rings is 2. The van der Waals surface area contributed by atoms with Crippen LogP contribution in [0, 0.1) is 0 Å². The zero-order valence-electron chi connectivity index (χ0n) is 17.2. The molecule has 4 N–H and O–H groups in total. The molecule has 172 valence electrons. The van der Waals surface area contributed by atoms with E-state index in [4.69, 9.17) is 10.5 Å². The van der Waals surface area contributed by atoms with E-state index in [0.29, 0.717) is 34.8 Å². The van der Waals surface area contributed by atoms with Gasteiger partial charge in [0.2, 0.25) is 5.91 Å². The summed E-state index contributed by atoms with van der Waals surface area (Å²) in [5, 5.41) is 12.5. The van der Waals surface area contributed by atoms with Crippen LogP contribution in [0.25, 0.3) is 11.0 Å². The molecule has 1 aromatic heterocycles. The van der Waals surface area contributed by atoms with Gasteiger partial charge in [-0.05, 0) is 42.8 Å². The van der Waals surface area contributed by atoms with Crippen LogP contribution in [0.1, 0.15) is 19.2 Å². The first kappa shape index (κ1) is 23.4. The first-order valence-corrected chi connectivity index (χ1v) is 9.86. The SMILES string of the molecule is CCC(NCc1nc2ccc(Oc3ccc(OC(F)(F)F)cc3)cc2n1CCO)C(N)=O. The van der Waals surface area contributed by atoms with Gasteiger partial charge in [-0.2, -0.15) is 0 Å². The number of ether oxygens (including phenoxy) is 2. The molecule has 0 aliphatic carbocycles. The number of rotatable bonds is 10. The minimum absolute atomic E-state index is 0.128. The predicted octanol–water partition coefficient (Wildman–Crippen LogP) is 3.07. The monoisotopic (exact) mass is 452 g/mol. The minimum atomic E-state index is -4.76. The molecule has 1 heterocycles. The highest BCUT2D eigenvalue weighted by Crippen LogP contribution is 2.29. The Morgan fingerprint density at radius 3 is 2.44 bits per heavy atom. The maximum Gasteiger partial charge on any atom is 0.573 e. The summed E-state index contributed by atoms with van der Waals surface area (Å²) in [5.41, 5.74) is 6.72. The van der Waals surface area contributed by atoms with Gasteiger partial charge >= 0.3 is 6.36 Å². The van der Waals surface area contributed by atoms with Crippen molar-refractivity contribution in [1.29, 1.82) is 0 Å². The highest BCUT2D eigenvalue weighted by Gasteiger charge is 2.31. The largest absolute Gasteiger partial charge is 0.573 e. The molecule has 3 rings (SSSR count). The van der Waals surface area contributed by atoms with Crippen molar-refractivity contribution < 1.29 is 32.5 Å². The number of alkyl halides is 3. The highest BCUT2D eigenvalue weighted by atomic mass is 19.4. The zero-order chi connectivity index (χ0) is 23.3. The number of hydrogen-bond donors (Lipinski definition) is 3. The zero-order valence-corrected chi connectivity index (χ0v) is 17.2. The van der Waals surface area contributed by atoms with Crippen molar-refractivity contribution in [2.24, 2.45) is 5.73 Å². The number of amides is 1. The number of aliphatic hydroxyl groups is 1. The molecule has 1 amide bonds. The number of aliphatic hydroxyl groups excluding tert-OH is 1. The van der Waals surface area contributed by atoms with Crippen molar-refractivity contribution in [2.45, 2.75) is 38.8 Å². The first-order chi connectivity index (χ1) is 15.2. The molecule has 0 spiro atoms. The van der Waals surface area contributed by atoms with E-state index in [9.17, 15) is 23.1 Å². The molecule has 0 radical (unpaired) electrons. The molecule has 8 nitrogen and oxygen atoms in total. The predicted molar refractivity (Wildman–Crippen MR) is 110 cm³/mol. The van der Waals surface area contributed by atoms with Crippen LogP contribution in [-0.2, 0) is 17.9 Å². The molecule has 0 saturated carbocycles. The lowest BCUT2D eigenvalue weighted by Gasteiger charge is -2.14. The van der Waals surface area contributed by atoms with E-state index in [1.54, 1.807) is 22.8 Å². The maximum absolute atomic E-state index is 12.3. The number of primary amides is 1. The Kier molecular flexibility index (Phi) is 7.21. The lowest BCUT2D eigenvalue weighted by Crippen LogP contribution is -2.40. The molecule has 3 aromatic rings. The smallest absolute Gasteiger partial charge is 0.457 e. The Morgan fingerprint density at radius 1 is 1.19 bits per heavy atom. The summed E-state index contributed by atoms with van der Waals surface area (Å²) >= 11 is 0. The van der Waals surface area contributed by atoms with Crippen molar-refractivity contribution in [3.63, 3.8) is 0 Å². The van der Waals surface area contributed by atoms with Crippen LogP contribution in [0.2, 0.25) is 0 Å². The number of imidazole rings is 1. The molecular weight excluding hydrogens is 429 g/mol. The molecule has 0 saturated heterocycles. The fourth-order valence-corrected chi connectivity index (χ4v) is 3.21. The second-order valence-corrected chi connectivity index (χ2v) is 6.92. The average Bonchev–Trinajstić information content (AvgIpc) is 3.06. The van der Waals surface area contributed by atoms with Gasteiger partial charge in [0.05, 0.1) is 30.2 Å². The number of fused-ring (bicyclic) bond motifs is 1. The summed E-state index contributed by atoms with van der Waals surface area (Å²) in [7, 11) is 0. The average molecular weight is 452 g/mol. The summed E-state index contributed by atoms with van der Waals surface area (Å²) in [6.45, 7) is 2.25. The van der Waals surface area contributed by atoms with Crippen LogP contribution in [0.3, 0.4) is 0 Å². The summed E-state index contributed by atoms with van der Waals surface area (Å²) in [6, 6.07) is 9.66. The number of nitrogens with two attached hydrogens (primary N) is 1. The molecule has 0 aliphatic heterocycles. The van der Waals surface area contributed by atoms with Crippen molar-refractivity contribution in [1.82, 2.24) is 14.9 Å². The Bertz CT molecular complexity index is 1070. The quantitative estimate of drug-likeness (QED) is 0.436. The van der Waals surface area contributed by atoms with E-state index in [1.165, 1.54) is 12.1 Å². The maximum atomic E-state index is 12.3. The highest BCUT2D eigenvalue weighted by molar-refractivity contribution is 5.80. The summed E-state index contributed by atoms with van der Waals surface area (Å²) in [5.74, 6) is 0.560. The van der Waals surface area contributed by atoms with Crippen LogP contribution < -0.4 is 20.5 Å². The van der Waals surface area contributed by atoms with Crippen LogP contribution in [0.5, 0.6) is 17.2 Å². The number of carbonyl (C=O) groups excluding carboxylic acids is 1. The minimum Gasteiger partial charge on any atom is -0.457 e. The standard InChI is InChI=1S/C21H23F3N4O4/c1-2-16(20(25)30)26-12-19-27-17-8-7-15(11-18(17)28(19)9-10-29)31-13-3-5-14(6-4-13)32-21(22,23)24/h3-8,11,16,26,29H,2,9-10,12H2,1H3,(H2,25,30). The number of nitrogens with zero attached hydrogens (tertiary/aromatic N) is 2. The van der Waals surface area contributed by atoms with E-state index in [1.807, 2.05) is 6.92 Å². The van der Waals surface area contributed by atoms with Crippen molar-refractivity contribution in [2.75, 3.05) is 6.61 Å². The normalized spacial score (nSPS) is 12.7. The first-order valence-electron chi connectivity index (χ1n) is 9.86. The van der Waals surface area contributed by atoms with Gasteiger partial charge in [0.1, 0.15) is 23.1 Å². The Morgan fingerprint density at radius 2 is 1.84 bits per heavy atom. The van der Waals surface area contributed by atoms with Crippen molar-refractivity contribution >= 4 is 16.9 Å². The third-order valence-electron chi connectivity index (χ3n) is 4.67. The van der Waals surface area contributed by atoms with E-state index in [-0.39, 0.29) is 25.4 Å². The number of hydrogen-bond acceptors (Lipinski definition) is 6. The number of nitrogens with one attached hydrogen (secondary N) is 1. The van der Waals surface area contributed by atoms with Crippen molar-refractivity contribution in [3.8, 4) is 17.2 Å². The van der Waals surface area contributed by atoms with Gasteiger partial charge in [0, 0.05) is 12.6 Å². The van der Waals surface area contributed by atoms with E-state index < -0.39 is 18.3 Å². The number of halogens is 3. The van der Waals surface area contributed by atoms with Gasteiger partial charge in [0.25, 0.3) is 0 Å². The van der Waals surface area contributed by atoms with Gasteiger partial charge < -0.3 is 24.9 Å². The Labute approximate surface area is 181 Å². The fraction of sp³-hybridized carbons (Fsp3) is 0.333. The van der Waals surface area contributed by atoms with Gasteiger partial charge in [0.15, 0.2) is 0 Å².